The van der Waals surface area contributed by atoms with Gasteiger partial charge in [0.15, 0.2) is 5.82 Å². The first-order chi connectivity index (χ1) is 9.86. The van der Waals surface area contributed by atoms with Gasteiger partial charge in [0.05, 0.1) is 5.39 Å². The van der Waals surface area contributed by atoms with Crippen LogP contribution < -0.4 is 5.32 Å². The summed E-state index contributed by atoms with van der Waals surface area (Å²) in [6.45, 7) is 0. The van der Waals surface area contributed by atoms with Gasteiger partial charge >= 0.3 is 0 Å². The van der Waals surface area contributed by atoms with E-state index in [2.05, 4.69) is 17.4 Å². The maximum absolute atomic E-state index is 4.78. The van der Waals surface area contributed by atoms with Crippen molar-refractivity contribution < 1.29 is 0 Å². The molecule has 0 fully saturated rings. The molecule has 1 aromatic carbocycles. The first-order valence-corrected chi connectivity index (χ1v) is 7.74. The molecule has 1 N–H and O–H groups in total. The predicted molar refractivity (Wildman–Crippen MR) is 84.4 cm³/mol. The van der Waals surface area contributed by atoms with Crippen molar-refractivity contribution in [2.45, 2.75) is 19.3 Å². The average Bonchev–Trinajstić information content (AvgIpc) is 3.07. The van der Waals surface area contributed by atoms with E-state index in [-0.39, 0.29) is 0 Å². The number of anilines is 1. The van der Waals surface area contributed by atoms with Crippen molar-refractivity contribution in [3.63, 3.8) is 0 Å². The number of thiophene rings is 1. The van der Waals surface area contributed by atoms with Crippen LogP contribution in [0.2, 0.25) is 0 Å². The molecule has 0 aliphatic heterocycles. The minimum Gasteiger partial charge on any atom is -0.372 e. The highest BCUT2D eigenvalue weighted by molar-refractivity contribution is 7.19. The van der Waals surface area contributed by atoms with E-state index < -0.39 is 0 Å². The Kier molecular flexibility index (Phi) is 2.70. The second-order valence-electron chi connectivity index (χ2n) is 5.05. The Hall–Kier alpha value is -1.94. The zero-order valence-electron chi connectivity index (χ0n) is 11.3. The standard InChI is InChI=1S/C16H15N3S/c1-17-15-13-11-8-5-9-12(11)20-16(13)19-14(18-15)10-6-3-2-4-7-10/h2-4,6-7H,5,8-9H2,1H3,(H,17,18,19). The Balaban J connectivity index is 1.98. The molecule has 0 atom stereocenters. The number of hydrogen-bond acceptors (Lipinski definition) is 4. The second kappa shape index (κ2) is 4.56. The van der Waals surface area contributed by atoms with Gasteiger partial charge in [-0.15, -0.1) is 11.3 Å². The third-order valence-corrected chi connectivity index (χ3v) is 5.02. The van der Waals surface area contributed by atoms with Crippen molar-refractivity contribution in [3.05, 3.63) is 40.8 Å². The summed E-state index contributed by atoms with van der Waals surface area (Å²) in [6.07, 6.45) is 3.62. The molecule has 3 aromatic rings. The van der Waals surface area contributed by atoms with Crippen molar-refractivity contribution >= 4 is 27.4 Å². The third-order valence-electron chi connectivity index (χ3n) is 3.83. The smallest absolute Gasteiger partial charge is 0.163 e. The van der Waals surface area contributed by atoms with Crippen molar-refractivity contribution in [2.24, 2.45) is 0 Å². The van der Waals surface area contributed by atoms with E-state index in [1.807, 2.05) is 36.6 Å². The van der Waals surface area contributed by atoms with Gasteiger partial charge in [0.2, 0.25) is 0 Å². The molecule has 0 spiro atoms. The third kappa shape index (κ3) is 1.72. The summed E-state index contributed by atoms with van der Waals surface area (Å²) in [4.78, 5) is 12.1. The molecule has 1 aliphatic rings. The van der Waals surface area contributed by atoms with Crippen LogP contribution in [0.1, 0.15) is 16.9 Å². The number of hydrogen-bond donors (Lipinski definition) is 1. The lowest BCUT2D eigenvalue weighted by molar-refractivity contribution is 0.917. The lowest BCUT2D eigenvalue weighted by Gasteiger charge is -2.06. The first-order valence-electron chi connectivity index (χ1n) is 6.92. The van der Waals surface area contributed by atoms with E-state index in [0.29, 0.717) is 0 Å². The summed E-state index contributed by atoms with van der Waals surface area (Å²) in [7, 11) is 1.94. The number of aromatic nitrogens is 2. The van der Waals surface area contributed by atoms with Gasteiger partial charge in [0.1, 0.15) is 10.6 Å². The van der Waals surface area contributed by atoms with E-state index in [4.69, 9.17) is 9.97 Å². The Morgan fingerprint density at radius 2 is 1.95 bits per heavy atom. The maximum Gasteiger partial charge on any atom is 0.163 e. The zero-order valence-corrected chi connectivity index (χ0v) is 12.1. The average molecular weight is 281 g/mol. The van der Waals surface area contributed by atoms with E-state index in [1.54, 1.807) is 0 Å². The molecule has 0 amide bonds. The normalized spacial score (nSPS) is 13.7. The van der Waals surface area contributed by atoms with Gasteiger partial charge in [-0.1, -0.05) is 30.3 Å². The number of nitrogens with one attached hydrogen (secondary N) is 1. The van der Waals surface area contributed by atoms with Gasteiger partial charge in [0.25, 0.3) is 0 Å². The lowest BCUT2D eigenvalue weighted by atomic mass is 10.1. The quantitative estimate of drug-likeness (QED) is 0.774. The van der Waals surface area contributed by atoms with Crippen LogP contribution in [0.25, 0.3) is 21.6 Å². The van der Waals surface area contributed by atoms with Crippen LogP contribution in [0.5, 0.6) is 0 Å². The van der Waals surface area contributed by atoms with Crippen molar-refractivity contribution in [3.8, 4) is 11.4 Å². The summed E-state index contributed by atoms with van der Waals surface area (Å²) in [6, 6.07) is 10.2. The fraction of sp³-hybridized carbons (Fsp3) is 0.250. The summed E-state index contributed by atoms with van der Waals surface area (Å²) in [5.74, 6) is 1.77. The van der Waals surface area contributed by atoms with Crippen LogP contribution in [0.15, 0.2) is 30.3 Å². The molecule has 0 saturated carbocycles. The molecule has 0 bridgehead atoms. The van der Waals surface area contributed by atoms with Crippen molar-refractivity contribution in [1.29, 1.82) is 0 Å². The van der Waals surface area contributed by atoms with Crippen LogP contribution in [-0.4, -0.2) is 17.0 Å². The minimum absolute atomic E-state index is 0.808. The van der Waals surface area contributed by atoms with Crippen LogP contribution in [-0.2, 0) is 12.8 Å². The van der Waals surface area contributed by atoms with Crippen molar-refractivity contribution in [2.75, 3.05) is 12.4 Å². The summed E-state index contributed by atoms with van der Waals surface area (Å²) in [5, 5.41) is 4.49. The van der Waals surface area contributed by atoms with E-state index in [1.165, 1.54) is 28.7 Å². The second-order valence-corrected chi connectivity index (χ2v) is 6.13. The predicted octanol–water partition coefficient (Wildman–Crippen LogP) is 3.89. The van der Waals surface area contributed by atoms with Crippen LogP contribution in [0.4, 0.5) is 5.82 Å². The SMILES string of the molecule is CNc1nc(-c2ccccc2)nc2sc3c(c12)CCC3. The van der Waals surface area contributed by atoms with Gasteiger partial charge in [-0.3, -0.25) is 0 Å². The van der Waals surface area contributed by atoms with E-state index in [0.717, 1.165) is 28.5 Å². The molecule has 0 saturated heterocycles. The molecule has 100 valence electrons. The van der Waals surface area contributed by atoms with Gasteiger partial charge in [-0.05, 0) is 24.8 Å². The molecular weight excluding hydrogens is 266 g/mol. The van der Waals surface area contributed by atoms with Gasteiger partial charge in [0, 0.05) is 17.5 Å². The Morgan fingerprint density at radius 1 is 1.10 bits per heavy atom. The monoisotopic (exact) mass is 281 g/mol. The maximum atomic E-state index is 4.78. The molecule has 2 aromatic heterocycles. The number of fused-ring (bicyclic) bond motifs is 3. The van der Waals surface area contributed by atoms with Crippen LogP contribution in [0.3, 0.4) is 0 Å². The Labute approximate surface area is 121 Å². The molecular formula is C16H15N3S. The number of rotatable bonds is 2. The van der Waals surface area contributed by atoms with Gasteiger partial charge < -0.3 is 5.32 Å². The fourth-order valence-corrected chi connectivity index (χ4v) is 4.15. The molecule has 1 aliphatic carbocycles. The summed E-state index contributed by atoms with van der Waals surface area (Å²) >= 11 is 1.83. The fourth-order valence-electron chi connectivity index (χ4n) is 2.89. The zero-order chi connectivity index (χ0) is 13.5. The van der Waals surface area contributed by atoms with E-state index >= 15 is 0 Å². The molecule has 0 radical (unpaired) electrons. The molecule has 0 unspecified atom stereocenters. The number of benzene rings is 1. The highest BCUT2D eigenvalue weighted by atomic mass is 32.1. The summed E-state index contributed by atoms with van der Waals surface area (Å²) < 4.78 is 0. The van der Waals surface area contributed by atoms with Gasteiger partial charge in [-0.25, -0.2) is 9.97 Å². The molecule has 4 heteroatoms. The van der Waals surface area contributed by atoms with Gasteiger partial charge in [-0.2, -0.15) is 0 Å². The molecule has 4 rings (SSSR count). The number of nitrogens with zero attached hydrogens (tertiary/aromatic N) is 2. The molecule has 3 nitrogen and oxygen atoms in total. The molecule has 2 heterocycles. The first kappa shape index (κ1) is 11.9. The van der Waals surface area contributed by atoms with Crippen molar-refractivity contribution in [1.82, 2.24) is 9.97 Å². The molecule has 20 heavy (non-hydrogen) atoms. The van der Waals surface area contributed by atoms with Crippen LogP contribution >= 0.6 is 11.3 Å². The Bertz CT molecular complexity index is 777. The lowest BCUT2D eigenvalue weighted by Crippen LogP contribution is -1.98. The number of aryl methyl sites for hydroxylation is 2. The minimum atomic E-state index is 0.808. The summed E-state index contributed by atoms with van der Waals surface area (Å²) in [5.41, 5.74) is 2.54. The highest BCUT2D eigenvalue weighted by Crippen LogP contribution is 2.40. The Morgan fingerprint density at radius 3 is 2.75 bits per heavy atom. The highest BCUT2D eigenvalue weighted by Gasteiger charge is 2.22. The largest absolute Gasteiger partial charge is 0.372 e. The van der Waals surface area contributed by atoms with Crippen LogP contribution in [0, 0.1) is 0 Å². The topological polar surface area (TPSA) is 37.8 Å². The van der Waals surface area contributed by atoms with E-state index in [9.17, 15) is 0 Å².